The van der Waals surface area contributed by atoms with Gasteiger partial charge in [0.15, 0.2) is 0 Å². The molecule has 1 N–H and O–H groups in total. The topological polar surface area (TPSA) is 81.0 Å². The van der Waals surface area contributed by atoms with Crippen molar-refractivity contribution in [3.05, 3.63) is 82.6 Å². The molecular weight excluding hydrogens is 432 g/mol. The summed E-state index contributed by atoms with van der Waals surface area (Å²) in [5, 5.41) is 3.17. The Bertz CT molecular complexity index is 1070. The Kier molecular flexibility index (Phi) is 7.53. The van der Waals surface area contributed by atoms with Gasteiger partial charge in [-0.3, -0.25) is 4.90 Å². The smallest absolute Gasteiger partial charge is 0.337 e. The second-order valence-corrected chi connectivity index (χ2v) is 8.81. The predicted octanol–water partition coefficient (Wildman–Crippen LogP) is 4.46. The number of dihydropyridines is 1. The van der Waals surface area contributed by atoms with Gasteiger partial charge in [0.25, 0.3) is 0 Å². The van der Waals surface area contributed by atoms with Crippen molar-refractivity contribution in [3.63, 3.8) is 0 Å². The van der Waals surface area contributed by atoms with Gasteiger partial charge in [-0.15, -0.1) is 0 Å². The van der Waals surface area contributed by atoms with Crippen LogP contribution in [0.4, 0.5) is 0 Å². The summed E-state index contributed by atoms with van der Waals surface area (Å²) in [7, 11) is 1.33. The number of hydrogen-bond acceptors (Lipinski definition) is 7. The maximum absolute atomic E-state index is 13.7. The van der Waals surface area contributed by atoms with Gasteiger partial charge in [-0.05, 0) is 57.5 Å². The predicted molar refractivity (Wildman–Crippen MR) is 128 cm³/mol. The van der Waals surface area contributed by atoms with Crippen LogP contribution in [0.1, 0.15) is 56.5 Å². The van der Waals surface area contributed by atoms with Crippen molar-refractivity contribution in [3.8, 4) is 0 Å². The lowest BCUT2D eigenvalue weighted by molar-refractivity contribution is -0.146. The molecule has 1 saturated heterocycles. The van der Waals surface area contributed by atoms with Crippen molar-refractivity contribution in [2.75, 3.05) is 26.7 Å². The summed E-state index contributed by atoms with van der Waals surface area (Å²) >= 11 is 0. The van der Waals surface area contributed by atoms with Crippen LogP contribution in [0.3, 0.4) is 0 Å². The number of ether oxygens (including phenoxy) is 2. The average Bonchev–Trinajstić information content (AvgIpc) is 3.38. The van der Waals surface area contributed by atoms with Gasteiger partial charge in [0, 0.05) is 17.9 Å². The highest BCUT2D eigenvalue weighted by atomic mass is 16.5. The van der Waals surface area contributed by atoms with Gasteiger partial charge in [-0.25, -0.2) is 9.59 Å². The summed E-state index contributed by atoms with van der Waals surface area (Å²) < 4.78 is 16.9. The molecule has 0 spiro atoms. The van der Waals surface area contributed by atoms with Gasteiger partial charge in [0.05, 0.1) is 30.4 Å². The lowest BCUT2D eigenvalue weighted by atomic mass is 9.83. The average molecular weight is 465 g/mol. The summed E-state index contributed by atoms with van der Waals surface area (Å²) in [4.78, 5) is 28.8. The molecule has 3 heterocycles. The zero-order valence-corrected chi connectivity index (χ0v) is 20.0. The number of carbonyl (C=O) groups excluding carboxylic acids is 2. The molecule has 1 aromatic heterocycles. The molecule has 1 fully saturated rings. The summed E-state index contributed by atoms with van der Waals surface area (Å²) in [6.07, 6.45) is 4.63. The normalized spacial score (nSPS) is 20.0. The van der Waals surface area contributed by atoms with E-state index in [0.29, 0.717) is 34.8 Å². The third-order valence-electron chi connectivity index (χ3n) is 6.51. The van der Waals surface area contributed by atoms with Crippen molar-refractivity contribution >= 4 is 11.9 Å². The lowest BCUT2D eigenvalue weighted by Crippen LogP contribution is -2.36. The van der Waals surface area contributed by atoms with Crippen LogP contribution in [0.15, 0.2) is 75.7 Å². The molecule has 0 saturated carbocycles. The molecule has 7 heteroatoms. The maximum Gasteiger partial charge on any atom is 0.337 e. The van der Waals surface area contributed by atoms with Crippen LogP contribution in [-0.4, -0.2) is 43.6 Å². The van der Waals surface area contributed by atoms with E-state index in [0.717, 1.165) is 31.5 Å². The number of furan rings is 1. The third-order valence-corrected chi connectivity index (χ3v) is 6.51. The molecule has 2 unspecified atom stereocenters. The Hall–Kier alpha value is -3.32. The van der Waals surface area contributed by atoms with Crippen LogP contribution in [-0.2, 0) is 19.1 Å². The standard InChI is InChI=1S/C27H32N2O5/c1-18-23(26(30)32-3)25(21-13-10-16-33-21)24(19(2)28-18)27(31)34-22(20-11-6-4-7-12-20)17-29-14-8-5-9-15-29/h4,6-7,10-13,16,22,25,28H,5,8-9,14-15,17H2,1-3H3. The molecule has 1 aromatic carbocycles. The molecule has 2 atom stereocenters. The Morgan fingerprint density at radius 3 is 2.29 bits per heavy atom. The number of piperidine rings is 1. The van der Waals surface area contributed by atoms with Crippen molar-refractivity contribution in [2.24, 2.45) is 0 Å². The van der Waals surface area contributed by atoms with Crippen molar-refractivity contribution < 1.29 is 23.5 Å². The largest absolute Gasteiger partial charge is 0.468 e. The summed E-state index contributed by atoms with van der Waals surface area (Å²) in [6.45, 7) is 6.21. The highest BCUT2D eigenvalue weighted by Crippen LogP contribution is 2.40. The van der Waals surface area contributed by atoms with E-state index in [4.69, 9.17) is 13.9 Å². The summed E-state index contributed by atoms with van der Waals surface area (Å²) in [5.41, 5.74) is 2.87. The van der Waals surface area contributed by atoms with E-state index in [2.05, 4.69) is 10.2 Å². The molecule has 2 aliphatic heterocycles. The second kappa shape index (κ2) is 10.7. The number of esters is 2. The number of allylic oxidation sites excluding steroid dienone is 2. The van der Waals surface area contributed by atoms with Crippen LogP contribution in [0.2, 0.25) is 0 Å². The van der Waals surface area contributed by atoms with E-state index in [-0.39, 0.29) is 0 Å². The number of methoxy groups -OCH3 is 1. The van der Waals surface area contributed by atoms with Crippen LogP contribution < -0.4 is 5.32 Å². The number of likely N-dealkylation sites (tertiary alicyclic amines) is 1. The van der Waals surface area contributed by atoms with E-state index < -0.39 is 24.0 Å². The molecule has 180 valence electrons. The number of nitrogens with zero attached hydrogens (tertiary/aromatic N) is 1. The van der Waals surface area contributed by atoms with Gasteiger partial charge >= 0.3 is 11.9 Å². The number of benzene rings is 1. The molecular formula is C27H32N2O5. The molecule has 0 bridgehead atoms. The van der Waals surface area contributed by atoms with E-state index in [1.165, 1.54) is 19.8 Å². The third kappa shape index (κ3) is 5.09. The molecule has 0 aliphatic carbocycles. The minimum Gasteiger partial charge on any atom is -0.468 e. The zero-order chi connectivity index (χ0) is 24.1. The first kappa shape index (κ1) is 23.8. The monoisotopic (exact) mass is 464 g/mol. The summed E-state index contributed by atoms with van der Waals surface area (Å²) in [5.74, 6) is -1.23. The second-order valence-electron chi connectivity index (χ2n) is 8.81. The highest BCUT2D eigenvalue weighted by molar-refractivity contribution is 5.99. The number of nitrogens with one attached hydrogen (secondary N) is 1. The van der Waals surface area contributed by atoms with E-state index in [1.54, 1.807) is 19.1 Å². The molecule has 2 aliphatic rings. The quantitative estimate of drug-likeness (QED) is 0.606. The van der Waals surface area contributed by atoms with E-state index in [1.807, 2.05) is 37.3 Å². The fraction of sp³-hybridized carbons (Fsp3) is 0.407. The minimum atomic E-state index is -0.720. The lowest BCUT2D eigenvalue weighted by Gasteiger charge is -2.32. The fourth-order valence-corrected chi connectivity index (χ4v) is 4.83. The van der Waals surface area contributed by atoms with Crippen LogP contribution in [0.25, 0.3) is 0 Å². The minimum absolute atomic E-state index is 0.335. The van der Waals surface area contributed by atoms with Gasteiger partial charge < -0.3 is 19.2 Å². The Labute approximate surface area is 200 Å². The maximum atomic E-state index is 13.7. The Morgan fingerprint density at radius 1 is 1.00 bits per heavy atom. The first-order valence-corrected chi connectivity index (χ1v) is 11.8. The number of hydrogen-bond donors (Lipinski definition) is 1. The number of carbonyl (C=O) groups is 2. The zero-order valence-electron chi connectivity index (χ0n) is 20.0. The first-order valence-electron chi connectivity index (χ1n) is 11.8. The molecule has 7 nitrogen and oxygen atoms in total. The van der Waals surface area contributed by atoms with Crippen molar-refractivity contribution in [1.82, 2.24) is 10.2 Å². The van der Waals surface area contributed by atoms with Crippen LogP contribution in [0.5, 0.6) is 0 Å². The van der Waals surface area contributed by atoms with Gasteiger partial charge in [0.2, 0.25) is 0 Å². The highest BCUT2D eigenvalue weighted by Gasteiger charge is 2.40. The van der Waals surface area contributed by atoms with Gasteiger partial charge in [-0.2, -0.15) is 0 Å². The Morgan fingerprint density at radius 2 is 1.68 bits per heavy atom. The molecule has 34 heavy (non-hydrogen) atoms. The van der Waals surface area contributed by atoms with Gasteiger partial charge in [-0.1, -0.05) is 36.8 Å². The van der Waals surface area contributed by atoms with E-state index in [9.17, 15) is 9.59 Å². The van der Waals surface area contributed by atoms with Crippen molar-refractivity contribution in [2.45, 2.75) is 45.1 Å². The molecule has 2 aromatic rings. The van der Waals surface area contributed by atoms with Crippen LogP contribution >= 0.6 is 0 Å². The van der Waals surface area contributed by atoms with E-state index >= 15 is 0 Å². The number of rotatable bonds is 7. The Balaban J connectivity index is 1.66. The van der Waals surface area contributed by atoms with Gasteiger partial charge in [0.1, 0.15) is 11.9 Å². The fourth-order valence-electron chi connectivity index (χ4n) is 4.83. The first-order chi connectivity index (χ1) is 16.5. The molecule has 0 radical (unpaired) electrons. The van der Waals surface area contributed by atoms with Crippen LogP contribution in [0, 0.1) is 0 Å². The summed E-state index contributed by atoms with van der Waals surface area (Å²) in [6, 6.07) is 13.3. The molecule has 4 rings (SSSR count). The van der Waals surface area contributed by atoms with Crippen molar-refractivity contribution in [1.29, 1.82) is 0 Å². The molecule has 0 amide bonds. The SMILES string of the molecule is COC(=O)C1=C(C)NC(C)=C(C(=O)OC(CN2CCCCC2)c2ccccc2)C1c1ccco1.